The molecule has 0 aromatic heterocycles. The van der Waals surface area contributed by atoms with Crippen molar-refractivity contribution >= 4 is 5.78 Å². The van der Waals surface area contributed by atoms with Gasteiger partial charge in [0.15, 0.2) is 0 Å². The molecule has 0 spiro atoms. The number of methoxy groups -OCH3 is 1. The highest BCUT2D eigenvalue weighted by atomic mass is 16.5. The number of aliphatic hydroxyl groups is 1. The van der Waals surface area contributed by atoms with E-state index in [9.17, 15) is 9.90 Å². The molecule has 1 aliphatic rings. The van der Waals surface area contributed by atoms with E-state index in [0.717, 1.165) is 25.7 Å². The van der Waals surface area contributed by atoms with Gasteiger partial charge in [0, 0.05) is 25.9 Å². The van der Waals surface area contributed by atoms with Crippen LogP contribution in [0.1, 0.15) is 52.4 Å². The number of hydrogen-bond acceptors (Lipinski definition) is 3. The Labute approximate surface area is 122 Å². The van der Waals surface area contributed by atoms with Crippen molar-refractivity contribution in [2.24, 2.45) is 5.92 Å². The molecule has 0 bridgehead atoms. The molecule has 3 nitrogen and oxygen atoms in total. The highest BCUT2D eigenvalue weighted by Gasteiger charge is 2.21. The molecule has 0 aromatic carbocycles. The van der Waals surface area contributed by atoms with Crippen LogP contribution in [0.3, 0.4) is 0 Å². The Morgan fingerprint density at radius 1 is 1.25 bits per heavy atom. The lowest BCUT2D eigenvalue weighted by molar-refractivity contribution is -0.119. The number of hydrogen-bond donors (Lipinski definition) is 1. The topological polar surface area (TPSA) is 46.5 Å². The van der Waals surface area contributed by atoms with Gasteiger partial charge in [0.05, 0.1) is 6.10 Å². The van der Waals surface area contributed by atoms with Crippen LogP contribution in [0.25, 0.3) is 0 Å². The van der Waals surface area contributed by atoms with Gasteiger partial charge in [-0.1, -0.05) is 30.7 Å². The zero-order valence-electron chi connectivity index (χ0n) is 13.0. The molecule has 114 valence electrons. The minimum Gasteiger partial charge on any atom is -0.389 e. The third kappa shape index (κ3) is 6.02. The van der Waals surface area contributed by atoms with Gasteiger partial charge in [0.25, 0.3) is 0 Å². The van der Waals surface area contributed by atoms with E-state index in [4.69, 9.17) is 4.74 Å². The summed E-state index contributed by atoms with van der Waals surface area (Å²) in [5.74, 6) is 0.365. The van der Waals surface area contributed by atoms with Gasteiger partial charge in [-0.25, -0.2) is 0 Å². The lowest BCUT2D eigenvalue weighted by Crippen LogP contribution is -2.31. The van der Waals surface area contributed by atoms with E-state index in [1.165, 1.54) is 5.57 Å². The van der Waals surface area contributed by atoms with Gasteiger partial charge in [0.2, 0.25) is 0 Å². The molecule has 1 aliphatic carbocycles. The number of rotatable bonds is 1. The van der Waals surface area contributed by atoms with Gasteiger partial charge in [-0.05, 0) is 32.6 Å². The summed E-state index contributed by atoms with van der Waals surface area (Å²) in [7, 11) is 1.63. The summed E-state index contributed by atoms with van der Waals surface area (Å²) in [6.07, 6.45) is 10.2. The normalized spacial score (nSPS) is 30.7. The minimum atomic E-state index is -0.551. The second-order valence-corrected chi connectivity index (χ2v) is 5.78. The van der Waals surface area contributed by atoms with Crippen LogP contribution >= 0.6 is 0 Å². The van der Waals surface area contributed by atoms with Crippen LogP contribution in [-0.4, -0.2) is 30.2 Å². The van der Waals surface area contributed by atoms with Crippen molar-refractivity contribution < 1.29 is 14.6 Å². The molecular weight excluding hydrogens is 252 g/mol. The third-order valence-electron chi connectivity index (χ3n) is 3.90. The van der Waals surface area contributed by atoms with Crippen molar-refractivity contribution in [3.8, 4) is 0 Å². The Morgan fingerprint density at radius 2 is 2.00 bits per heavy atom. The van der Waals surface area contributed by atoms with Gasteiger partial charge in [0.1, 0.15) is 11.9 Å². The van der Waals surface area contributed by atoms with Crippen molar-refractivity contribution in [1.29, 1.82) is 0 Å². The molecule has 0 aromatic rings. The summed E-state index contributed by atoms with van der Waals surface area (Å²) in [5, 5.41) is 10.3. The van der Waals surface area contributed by atoms with Crippen molar-refractivity contribution in [2.45, 2.75) is 64.6 Å². The first-order valence-electron chi connectivity index (χ1n) is 7.61. The molecule has 1 unspecified atom stereocenters. The van der Waals surface area contributed by atoms with Crippen LogP contribution in [-0.2, 0) is 9.53 Å². The second-order valence-electron chi connectivity index (χ2n) is 5.78. The predicted octanol–water partition coefficient (Wildman–Crippen LogP) is 3.42. The number of aliphatic hydroxyl groups excluding tert-OH is 1. The molecule has 0 radical (unpaired) electrons. The average Bonchev–Trinajstić information content (AvgIpc) is 2.43. The summed E-state index contributed by atoms with van der Waals surface area (Å²) >= 11 is 0. The quantitative estimate of drug-likeness (QED) is 0.749. The van der Waals surface area contributed by atoms with Crippen LogP contribution in [0, 0.1) is 5.92 Å². The van der Waals surface area contributed by atoms with Gasteiger partial charge in [-0.3, -0.25) is 4.79 Å². The van der Waals surface area contributed by atoms with Crippen LogP contribution in [0.4, 0.5) is 0 Å². The molecule has 0 heterocycles. The molecule has 1 N–H and O–H groups in total. The fourth-order valence-corrected chi connectivity index (χ4v) is 2.54. The number of allylic oxidation sites excluding steroid dienone is 2. The molecular formula is C17H28O3. The smallest absolute Gasteiger partial charge is 0.133 e. The number of carbonyl (C=O) groups is 1. The van der Waals surface area contributed by atoms with Gasteiger partial charge < -0.3 is 9.84 Å². The number of Topliss-reactive ketones (excluding diaryl/α,β-unsaturated/α-hetero) is 1. The molecule has 0 saturated carbocycles. The molecule has 0 saturated heterocycles. The minimum absolute atomic E-state index is 0.0163. The summed E-state index contributed by atoms with van der Waals surface area (Å²) in [4.78, 5) is 11.7. The zero-order chi connectivity index (χ0) is 15.0. The van der Waals surface area contributed by atoms with Crippen LogP contribution in [0.2, 0.25) is 0 Å². The Balaban J connectivity index is 2.78. The van der Waals surface area contributed by atoms with E-state index in [0.29, 0.717) is 18.6 Å². The van der Waals surface area contributed by atoms with Gasteiger partial charge in [-0.15, -0.1) is 0 Å². The first kappa shape index (κ1) is 17.1. The second kappa shape index (κ2) is 9.09. The molecule has 20 heavy (non-hydrogen) atoms. The van der Waals surface area contributed by atoms with Crippen molar-refractivity contribution in [2.75, 3.05) is 7.11 Å². The fraction of sp³-hybridized carbons (Fsp3) is 0.706. The summed E-state index contributed by atoms with van der Waals surface area (Å²) in [5.41, 5.74) is 1.17. The third-order valence-corrected chi connectivity index (χ3v) is 3.90. The van der Waals surface area contributed by atoms with E-state index in [1.54, 1.807) is 7.11 Å². The van der Waals surface area contributed by atoms with Gasteiger partial charge in [-0.2, -0.15) is 0 Å². The maximum Gasteiger partial charge on any atom is 0.133 e. The predicted molar refractivity (Wildman–Crippen MR) is 81.6 cm³/mol. The Hall–Kier alpha value is -0.930. The summed E-state index contributed by atoms with van der Waals surface area (Å²) < 4.78 is 5.37. The maximum absolute atomic E-state index is 11.7. The van der Waals surface area contributed by atoms with Crippen LogP contribution < -0.4 is 0 Å². The monoisotopic (exact) mass is 280 g/mol. The molecule has 0 aliphatic heterocycles. The van der Waals surface area contributed by atoms with Crippen molar-refractivity contribution in [3.05, 3.63) is 23.8 Å². The SMILES string of the molecule is CO[C@H]1C=CCCCCC(=O)CCC(C)=C[C@@H](C)C1O. The van der Waals surface area contributed by atoms with Gasteiger partial charge >= 0.3 is 0 Å². The lowest BCUT2D eigenvalue weighted by atomic mass is 9.94. The van der Waals surface area contributed by atoms with Crippen molar-refractivity contribution in [3.63, 3.8) is 0 Å². The first-order valence-corrected chi connectivity index (χ1v) is 7.61. The maximum atomic E-state index is 11.7. The lowest BCUT2D eigenvalue weighted by Gasteiger charge is -2.23. The molecule has 3 atom stereocenters. The largest absolute Gasteiger partial charge is 0.389 e. The Bertz CT molecular complexity index is 357. The number of ketones is 1. The molecule has 0 fully saturated rings. The molecule has 1 rings (SSSR count). The molecule has 3 heteroatoms. The number of carbonyl (C=O) groups excluding carboxylic acids is 1. The van der Waals surface area contributed by atoms with E-state index in [-0.39, 0.29) is 12.0 Å². The fourth-order valence-electron chi connectivity index (χ4n) is 2.54. The Kier molecular flexibility index (Phi) is 7.78. The molecule has 0 amide bonds. The standard InChI is InChI=1S/C17H28O3/c1-13-10-11-15(18)8-6-4-5-7-9-16(20-3)17(19)14(2)12-13/h7,9,12,14,16-17,19H,4-6,8,10-11H2,1-3H3/t14-,16+,17?/m1/s1. The van der Waals surface area contributed by atoms with Crippen molar-refractivity contribution in [1.82, 2.24) is 0 Å². The van der Waals surface area contributed by atoms with E-state index in [1.807, 2.05) is 19.9 Å². The Morgan fingerprint density at radius 3 is 2.70 bits per heavy atom. The average molecular weight is 280 g/mol. The van der Waals surface area contributed by atoms with Crippen LogP contribution in [0.15, 0.2) is 23.8 Å². The van der Waals surface area contributed by atoms with E-state index >= 15 is 0 Å². The summed E-state index contributed by atoms with van der Waals surface area (Å²) in [6.45, 7) is 4.02. The number of ether oxygens (including phenoxy) is 1. The summed E-state index contributed by atoms with van der Waals surface area (Å²) in [6, 6.07) is 0. The van der Waals surface area contributed by atoms with Crippen LogP contribution in [0.5, 0.6) is 0 Å². The van der Waals surface area contributed by atoms with E-state index < -0.39 is 6.10 Å². The zero-order valence-corrected chi connectivity index (χ0v) is 13.0. The first-order chi connectivity index (χ1) is 9.54. The highest BCUT2D eigenvalue weighted by Crippen LogP contribution is 2.18. The van der Waals surface area contributed by atoms with E-state index in [2.05, 4.69) is 12.2 Å². The highest BCUT2D eigenvalue weighted by molar-refractivity contribution is 5.78.